The van der Waals surface area contributed by atoms with Crippen molar-refractivity contribution in [3.05, 3.63) is 23.3 Å². The number of piperidine rings is 1. The number of phenols is 1. The molecule has 0 spiro atoms. The minimum atomic E-state index is 0. The summed E-state index contributed by atoms with van der Waals surface area (Å²) in [4.78, 5) is 2.38. The normalized spacial score (nSPS) is 26.6. The molecule has 1 aromatic carbocycles. The summed E-state index contributed by atoms with van der Waals surface area (Å²) in [6.07, 6.45) is 2.43. The van der Waals surface area contributed by atoms with E-state index in [0.29, 0.717) is 24.3 Å². The Morgan fingerprint density at radius 2 is 2.17 bits per heavy atom. The van der Waals surface area contributed by atoms with E-state index in [2.05, 4.69) is 18.0 Å². The van der Waals surface area contributed by atoms with Gasteiger partial charge in [0.05, 0.1) is 6.04 Å². The van der Waals surface area contributed by atoms with Crippen LogP contribution in [0.4, 0.5) is 0 Å². The fourth-order valence-corrected chi connectivity index (χ4v) is 3.13. The lowest BCUT2D eigenvalue weighted by Gasteiger charge is -2.42. The van der Waals surface area contributed by atoms with E-state index in [9.17, 15) is 5.11 Å². The van der Waals surface area contributed by atoms with E-state index in [0.717, 1.165) is 17.9 Å². The predicted molar refractivity (Wildman–Crippen MR) is 74.0 cm³/mol. The third kappa shape index (κ3) is 1.95. The molecule has 2 aliphatic rings. The van der Waals surface area contributed by atoms with Gasteiger partial charge in [0.1, 0.15) is 6.61 Å². The Labute approximate surface area is 114 Å². The number of nitrogens with zero attached hydrogens (tertiary/aromatic N) is 1. The molecule has 0 aliphatic carbocycles. The van der Waals surface area contributed by atoms with Crippen LogP contribution in [0.1, 0.15) is 29.9 Å². The average molecular weight is 270 g/mol. The van der Waals surface area contributed by atoms with Gasteiger partial charge in [0.25, 0.3) is 0 Å². The molecule has 1 fully saturated rings. The third-order valence-electron chi connectivity index (χ3n) is 4.22. The first-order valence-corrected chi connectivity index (χ1v) is 6.34. The molecule has 0 bridgehead atoms. The van der Waals surface area contributed by atoms with E-state index in [1.54, 1.807) is 0 Å². The average Bonchev–Trinajstić information content (AvgIpc) is 2.34. The van der Waals surface area contributed by atoms with E-state index < -0.39 is 0 Å². The van der Waals surface area contributed by atoms with Crippen molar-refractivity contribution in [3.63, 3.8) is 0 Å². The molecule has 3 nitrogen and oxygen atoms in total. The van der Waals surface area contributed by atoms with Crippen molar-refractivity contribution in [2.45, 2.75) is 31.7 Å². The summed E-state index contributed by atoms with van der Waals surface area (Å²) in [6, 6.07) is 4.59. The highest BCUT2D eigenvalue weighted by molar-refractivity contribution is 5.85. The minimum Gasteiger partial charge on any atom is -0.504 e. The van der Waals surface area contributed by atoms with E-state index >= 15 is 0 Å². The van der Waals surface area contributed by atoms with Gasteiger partial charge in [-0.3, -0.25) is 4.90 Å². The highest BCUT2D eigenvalue weighted by Gasteiger charge is 2.37. The van der Waals surface area contributed by atoms with Crippen molar-refractivity contribution >= 4 is 12.4 Å². The number of hydrogen-bond acceptors (Lipinski definition) is 3. The van der Waals surface area contributed by atoms with Crippen LogP contribution < -0.4 is 4.74 Å². The number of rotatable bonds is 0. The Morgan fingerprint density at radius 1 is 1.39 bits per heavy atom. The largest absolute Gasteiger partial charge is 0.504 e. The van der Waals surface area contributed by atoms with Gasteiger partial charge in [-0.25, -0.2) is 0 Å². The molecule has 0 amide bonds. The number of aryl methyl sites for hydroxylation is 1. The summed E-state index contributed by atoms with van der Waals surface area (Å²) in [7, 11) is 2.17. The maximum atomic E-state index is 10.1. The molecule has 0 aromatic heterocycles. The predicted octanol–water partition coefficient (Wildman–Crippen LogP) is 2.69. The molecule has 4 heteroatoms. The van der Waals surface area contributed by atoms with Gasteiger partial charge in [-0.1, -0.05) is 12.1 Å². The number of fused-ring (bicyclic) bond motifs is 3. The summed E-state index contributed by atoms with van der Waals surface area (Å²) in [6.45, 7) is 3.76. The van der Waals surface area contributed by atoms with Crippen LogP contribution in [0.15, 0.2) is 12.1 Å². The summed E-state index contributed by atoms with van der Waals surface area (Å²) in [5, 5.41) is 10.1. The monoisotopic (exact) mass is 269 g/mol. The van der Waals surface area contributed by atoms with Crippen molar-refractivity contribution in [1.82, 2.24) is 4.90 Å². The molecule has 100 valence electrons. The maximum Gasteiger partial charge on any atom is 0.164 e. The summed E-state index contributed by atoms with van der Waals surface area (Å²) >= 11 is 0. The Hall–Kier alpha value is -0.930. The molecule has 1 aromatic rings. The number of likely N-dealkylation sites (tertiary alicyclic amines) is 1. The van der Waals surface area contributed by atoms with Crippen LogP contribution in [-0.2, 0) is 0 Å². The lowest BCUT2D eigenvalue weighted by atomic mass is 9.81. The highest BCUT2D eigenvalue weighted by Crippen LogP contribution is 2.45. The molecule has 2 atom stereocenters. The zero-order valence-corrected chi connectivity index (χ0v) is 11.7. The van der Waals surface area contributed by atoms with E-state index in [1.807, 2.05) is 13.0 Å². The van der Waals surface area contributed by atoms with Crippen LogP contribution >= 0.6 is 12.4 Å². The summed E-state index contributed by atoms with van der Waals surface area (Å²) < 4.78 is 5.78. The van der Waals surface area contributed by atoms with Crippen molar-refractivity contribution in [2.24, 2.45) is 0 Å². The van der Waals surface area contributed by atoms with Crippen molar-refractivity contribution < 1.29 is 9.84 Å². The van der Waals surface area contributed by atoms with E-state index in [-0.39, 0.29) is 12.4 Å². The number of phenolic OH excluding ortho intramolecular Hbond substituents is 1. The Kier molecular flexibility index (Phi) is 3.74. The molecule has 3 rings (SSSR count). The van der Waals surface area contributed by atoms with Crippen LogP contribution in [0, 0.1) is 6.92 Å². The number of aromatic hydroxyl groups is 1. The molecule has 1 N–H and O–H groups in total. The standard InChI is InChI=1S/C14H19NO2.ClH/c1-9-5-6-11-10-4-3-7-15(2)12(10)8-17-14(11)13(9)16;/h5-6,10,12,16H,3-4,7-8H2,1-2H3;1H/t10-,12-;/m1./s1. The summed E-state index contributed by atoms with van der Waals surface area (Å²) in [5.74, 6) is 1.57. The maximum absolute atomic E-state index is 10.1. The molecule has 0 unspecified atom stereocenters. The smallest absolute Gasteiger partial charge is 0.164 e. The zero-order chi connectivity index (χ0) is 12.0. The SMILES string of the molecule is Cc1ccc2c(c1O)OC[C@@H]1[C@@H]2CCCN1C.Cl. The lowest BCUT2D eigenvalue weighted by Crippen LogP contribution is -2.47. The molecule has 18 heavy (non-hydrogen) atoms. The third-order valence-corrected chi connectivity index (χ3v) is 4.22. The second-order valence-corrected chi connectivity index (χ2v) is 5.26. The van der Waals surface area contributed by atoms with Gasteiger partial charge in [-0.05, 0) is 38.9 Å². The van der Waals surface area contributed by atoms with E-state index in [1.165, 1.54) is 18.4 Å². The van der Waals surface area contributed by atoms with Crippen LogP contribution in [0.3, 0.4) is 0 Å². The van der Waals surface area contributed by atoms with E-state index in [4.69, 9.17) is 4.74 Å². The Balaban J connectivity index is 0.00000120. The number of benzene rings is 1. The first-order valence-electron chi connectivity index (χ1n) is 6.34. The zero-order valence-electron chi connectivity index (χ0n) is 10.8. The molecule has 2 aliphatic heterocycles. The van der Waals surface area contributed by atoms with Crippen LogP contribution in [0.2, 0.25) is 0 Å². The molecular formula is C14H20ClNO2. The Bertz CT molecular complexity index is 450. The fourth-order valence-electron chi connectivity index (χ4n) is 3.13. The van der Waals surface area contributed by atoms with Gasteiger partial charge in [-0.2, -0.15) is 0 Å². The molecule has 0 saturated carbocycles. The van der Waals surface area contributed by atoms with Gasteiger partial charge >= 0.3 is 0 Å². The van der Waals surface area contributed by atoms with Crippen molar-refractivity contribution in [3.8, 4) is 11.5 Å². The first kappa shape index (κ1) is 13.5. The fraction of sp³-hybridized carbons (Fsp3) is 0.571. The lowest BCUT2D eigenvalue weighted by molar-refractivity contribution is 0.0848. The second kappa shape index (κ2) is 4.98. The van der Waals surface area contributed by atoms with Gasteiger partial charge in [-0.15, -0.1) is 12.4 Å². The van der Waals surface area contributed by atoms with Crippen molar-refractivity contribution in [1.29, 1.82) is 0 Å². The van der Waals surface area contributed by atoms with Gasteiger partial charge in [0.15, 0.2) is 11.5 Å². The topological polar surface area (TPSA) is 32.7 Å². The molecule has 0 radical (unpaired) electrons. The van der Waals surface area contributed by atoms with Gasteiger partial charge in [0.2, 0.25) is 0 Å². The van der Waals surface area contributed by atoms with Crippen LogP contribution in [0.25, 0.3) is 0 Å². The van der Waals surface area contributed by atoms with Gasteiger partial charge in [0, 0.05) is 11.5 Å². The quantitative estimate of drug-likeness (QED) is 0.786. The number of ether oxygens (including phenoxy) is 1. The van der Waals surface area contributed by atoms with Crippen LogP contribution in [-0.4, -0.2) is 36.2 Å². The van der Waals surface area contributed by atoms with Crippen LogP contribution in [0.5, 0.6) is 11.5 Å². The minimum absolute atomic E-state index is 0. The first-order chi connectivity index (χ1) is 8.18. The van der Waals surface area contributed by atoms with Gasteiger partial charge < -0.3 is 9.84 Å². The summed E-state index contributed by atoms with van der Waals surface area (Å²) in [5.41, 5.74) is 2.09. The number of likely N-dealkylation sites (N-methyl/N-ethyl adjacent to an activating group) is 1. The number of hydrogen-bond donors (Lipinski definition) is 1. The molecule has 2 heterocycles. The highest BCUT2D eigenvalue weighted by atomic mass is 35.5. The molecular weight excluding hydrogens is 250 g/mol. The van der Waals surface area contributed by atoms with Crippen molar-refractivity contribution in [2.75, 3.05) is 20.2 Å². The second-order valence-electron chi connectivity index (χ2n) is 5.26. The Morgan fingerprint density at radius 3 is 2.94 bits per heavy atom. The molecule has 1 saturated heterocycles. The number of halogens is 1.